The van der Waals surface area contributed by atoms with Gasteiger partial charge in [-0.1, -0.05) is 36.4 Å². The Labute approximate surface area is 226 Å². The Morgan fingerprint density at radius 3 is 2.28 bits per heavy atom. The van der Waals surface area contributed by atoms with Crippen molar-refractivity contribution in [2.24, 2.45) is 23.7 Å². The summed E-state index contributed by atoms with van der Waals surface area (Å²) in [4.78, 5) is 54.1. The van der Waals surface area contributed by atoms with Crippen LogP contribution in [0.5, 0.6) is 5.75 Å². The molecule has 6 atom stereocenters. The Morgan fingerprint density at radius 2 is 1.56 bits per heavy atom. The number of Topliss-reactive ketones (excluding diaryl/α,β-unsaturated/α-hetero) is 1. The van der Waals surface area contributed by atoms with Crippen LogP contribution < -0.4 is 9.64 Å². The average Bonchev–Trinajstić information content (AvgIpc) is 3.64. The zero-order valence-corrected chi connectivity index (χ0v) is 21.8. The van der Waals surface area contributed by atoms with Gasteiger partial charge in [-0.2, -0.15) is 0 Å². The number of carbonyl (C=O) groups excluding carboxylic acids is 4. The van der Waals surface area contributed by atoms with E-state index in [1.807, 2.05) is 18.2 Å². The zero-order valence-electron chi connectivity index (χ0n) is 21.8. The van der Waals surface area contributed by atoms with Crippen molar-refractivity contribution in [2.45, 2.75) is 31.8 Å². The first-order valence-electron chi connectivity index (χ1n) is 13.3. The van der Waals surface area contributed by atoms with Crippen molar-refractivity contribution in [1.82, 2.24) is 0 Å². The van der Waals surface area contributed by atoms with E-state index < -0.39 is 12.1 Å². The molecule has 7 heteroatoms. The van der Waals surface area contributed by atoms with Crippen LogP contribution in [0.15, 0.2) is 78.9 Å². The van der Waals surface area contributed by atoms with Crippen molar-refractivity contribution >= 4 is 29.3 Å². The van der Waals surface area contributed by atoms with Crippen LogP contribution >= 0.6 is 0 Å². The van der Waals surface area contributed by atoms with E-state index in [1.54, 1.807) is 42.5 Å². The molecule has 1 aliphatic heterocycles. The van der Waals surface area contributed by atoms with Gasteiger partial charge in [-0.15, -0.1) is 0 Å². The first-order chi connectivity index (χ1) is 18.9. The summed E-state index contributed by atoms with van der Waals surface area (Å²) in [5.41, 5.74) is 2.15. The van der Waals surface area contributed by atoms with Crippen LogP contribution in [0.2, 0.25) is 0 Å². The minimum absolute atomic E-state index is 0.141. The fourth-order valence-corrected chi connectivity index (χ4v) is 6.84. The highest BCUT2D eigenvalue weighted by Crippen LogP contribution is 2.61. The van der Waals surface area contributed by atoms with Gasteiger partial charge in [0.15, 0.2) is 6.10 Å². The second-order valence-electron chi connectivity index (χ2n) is 10.7. The molecule has 39 heavy (non-hydrogen) atoms. The lowest BCUT2D eigenvalue weighted by Crippen LogP contribution is -2.33. The van der Waals surface area contributed by atoms with Gasteiger partial charge in [0.2, 0.25) is 17.6 Å². The highest BCUT2D eigenvalue weighted by molar-refractivity contribution is 6.23. The standard InChI is InChI=1S/C32H29NO6/c1-18(29(34)20-11-13-24(38-2)14-12-20)39-32(37)21-9-6-10-23(15-21)33-30(35)27-22-16-25(19-7-4-3-5-8-19)26(17-22)28(27)31(33)36/h3-15,18,22,25-28H,16-17H2,1-2H3/t18-,22+,25-,26+,27-,28-/m0/s1. The summed E-state index contributed by atoms with van der Waals surface area (Å²) in [5, 5.41) is 0. The molecule has 198 valence electrons. The molecule has 6 rings (SSSR count). The topological polar surface area (TPSA) is 90.0 Å². The molecular formula is C32H29NO6. The quantitative estimate of drug-likeness (QED) is 0.245. The number of carbonyl (C=O) groups is 4. The molecule has 1 saturated heterocycles. The predicted octanol–water partition coefficient (Wildman–Crippen LogP) is 5.05. The maximum Gasteiger partial charge on any atom is 0.338 e. The van der Waals surface area contributed by atoms with E-state index in [2.05, 4.69) is 12.1 Å². The number of amides is 2. The molecule has 0 N–H and O–H groups in total. The van der Waals surface area contributed by atoms with Gasteiger partial charge < -0.3 is 9.47 Å². The monoisotopic (exact) mass is 523 g/mol. The van der Waals surface area contributed by atoms with Crippen LogP contribution in [-0.2, 0) is 14.3 Å². The summed E-state index contributed by atoms with van der Waals surface area (Å²) < 4.78 is 10.6. The number of anilines is 1. The molecule has 1 heterocycles. The van der Waals surface area contributed by atoms with E-state index in [-0.39, 0.29) is 52.8 Å². The van der Waals surface area contributed by atoms with Crippen LogP contribution in [0.4, 0.5) is 5.69 Å². The van der Waals surface area contributed by atoms with E-state index >= 15 is 0 Å². The maximum atomic E-state index is 13.7. The lowest BCUT2D eigenvalue weighted by Gasteiger charge is -2.28. The van der Waals surface area contributed by atoms with Gasteiger partial charge in [0.05, 0.1) is 30.2 Å². The number of benzene rings is 3. The second kappa shape index (κ2) is 9.80. The smallest absolute Gasteiger partial charge is 0.338 e. The number of hydrogen-bond donors (Lipinski definition) is 0. The third-order valence-electron chi connectivity index (χ3n) is 8.61. The summed E-state index contributed by atoms with van der Waals surface area (Å²) in [5.74, 6) is -0.833. The second-order valence-corrected chi connectivity index (χ2v) is 10.7. The molecule has 2 aliphatic carbocycles. The minimum atomic E-state index is -1.02. The van der Waals surface area contributed by atoms with Gasteiger partial charge in [-0.25, -0.2) is 4.79 Å². The highest BCUT2D eigenvalue weighted by atomic mass is 16.5. The minimum Gasteiger partial charge on any atom is -0.497 e. The molecule has 2 saturated carbocycles. The van der Waals surface area contributed by atoms with Crippen molar-refractivity contribution in [1.29, 1.82) is 0 Å². The van der Waals surface area contributed by atoms with Gasteiger partial charge in [0, 0.05) is 5.56 Å². The Bertz CT molecular complexity index is 1450. The molecule has 2 bridgehead atoms. The number of ketones is 1. The average molecular weight is 524 g/mol. The first kappa shape index (κ1) is 25.0. The Balaban J connectivity index is 1.18. The number of ether oxygens (including phenoxy) is 2. The van der Waals surface area contributed by atoms with E-state index in [1.165, 1.54) is 30.6 Å². The van der Waals surface area contributed by atoms with Crippen LogP contribution in [0.1, 0.15) is 52.0 Å². The molecule has 3 aromatic carbocycles. The van der Waals surface area contributed by atoms with E-state index in [4.69, 9.17) is 9.47 Å². The molecule has 0 aromatic heterocycles. The van der Waals surface area contributed by atoms with Gasteiger partial charge in [-0.05, 0) is 85.5 Å². The molecule has 3 aliphatic rings. The highest BCUT2D eigenvalue weighted by Gasteiger charge is 2.64. The summed E-state index contributed by atoms with van der Waals surface area (Å²) in [6.45, 7) is 1.52. The third kappa shape index (κ3) is 4.22. The summed E-state index contributed by atoms with van der Waals surface area (Å²) in [7, 11) is 1.54. The summed E-state index contributed by atoms with van der Waals surface area (Å²) in [6, 6.07) is 23.1. The van der Waals surface area contributed by atoms with Crippen molar-refractivity contribution < 1.29 is 28.7 Å². The van der Waals surface area contributed by atoms with E-state index in [0.717, 1.165) is 12.8 Å². The number of methoxy groups -OCH3 is 1. The van der Waals surface area contributed by atoms with Gasteiger partial charge in [0.25, 0.3) is 0 Å². The number of esters is 1. The van der Waals surface area contributed by atoms with Gasteiger partial charge in [-0.3, -0.25) is 19.3 Å². The number of nitrogens with zero attached hydrogens (tertiary/aromatic N) is 1. The van der Waals surface area contributed by atoms with Crippen LogP contribution in [0.25, 0.3) is 0 Å². The van der Waals surface area contributed by atoms with Crippen LogP contribution in [-0.4, -0.2) is 36.8 Å². The van der Waals surface area contributed by atoms with Crippen molar-refractivity contribution in [2.75, 3.05) is 12.0 Å². The maximum absolute atomic E-state index is 13.7. The lowest BCUT2D eigenvalue weighted by molar-refractivity contribution is -0.123. The fraction of sp³-hybridized carbons (Fsp3) is 0.312. The first-order valence-corrected chi connectivity index (χ1v) is 13.3. The number of fused-ring (bicyclic) bond motifs is 5. The fourth-order valence-electron chi connectivity index (χ4n) is 6.84. The Morgan fingerprint density at radius 1 is 0.846 bits per heavy atom. The molecule has 0 radical (unpaired) electrons. The van der Waals surface area contributed by atoms with Crippen molar-refractivity contribution in [3.63, 3.8) is 0 Å². The van der Waals surface area contributed by atoms with Gasteiger partial charge >= 0.3 is 5.97 Å². The predicted molar refractivity (Wildman–Crippen MR) is 144 cm³/mol. The number of hydrogen-bond acceptors (Lipinski definition) is 6. The summed E-state index contributed by atoms with van der Waals surface area (Å²) >= 11 is 0. The normalized spacial score (nSPS) is 25.9. The Hall–Kier alpha value is -4.26. The Kier molecular flexibility index (Phi) is 6.29. The lowest BCUT2D eigenvalue weighted by atomic mass is 9.73. The van der Waals surface area contributed by atoms with Crippen molar-refractivity contribution in [3.8, 4) is 5.75 Å². The van der Waals surface area contributed by atoms with Crippen LogP contribution in [0.3, 0.4) is 0 Å². The molecule has 0 unspecified atom stereocenters. The molecule has 3 aromatic rings. The molecule has 2 amide bonds. The zero-order chi connectivity index (χ0) is 27.3. The van der Waals surface area contributed by atoms with E-state index in [0.29, 0.717) is 17.0 Å². The van der Waals surface area contributed by atoms with Gasteiger partial charge in [0.1, 0.15) is 5.75 Å². The molecule has 7 nitrogen and oxygen atoms in total. The number of imide groups is 1. The molecule has 0 spiro atoms. The van der Waals surface area contributed by atoms with Crippen molar-refractivity contribution in [3.05, 3.63) is 95.6 Å². The van der Waals surface area contributed by atoms with E-state index in [9.17, 15) is 19.2 Å². The summed E-state index contributed by atoms with van der Waals surface area (Å²) in [6.07, 6.45) is 0.788. The third-order valence-corrected chi connectivity index (χ3v) is 8.61. The largest absolute Gasteiger partial charge is 0.497 e. The van der Waals surface area contributed by atoms with Crippen LogP contribution in [0, 0.1) is 23.7 Å². The molecule has 3 fully saturated rings. The number of rotatable bonds is 7. The molecular weight excluding hydrogens is 494 g/mol. The SMILES string of the molecule is COc1ccc(C(=O)[C@H](C)OC(=O)c2cccc(N3C(=O)[C@H]4[C@H]5C[C@@H]([C@@H]4C3=O)[C@H](c3ccccc3)C5)c2)cc1.